The molecule has 0 heteroatoms. The fraction of sp³-hybridized carbons (Fsp3) is 0.667. The van der Waals surface area contributed by atoms with Crippen LogP contribution < -0.4 is 0 Å². The lowest BCUT2D eigenvalue weighted by atomic mass is 10.3. The number of hydrogen-bond acceptors (Lipinski definition) is 0. The molecule has 0 amide bonds. The smallest absolute Gasteiger partial charge is 0.00574 e. The quantitative estimate of drug-likeness (QED) is 0.391. The maximum absolute atomic E-state index is 3.24. The molecule has 1 rings (SSSR count). The van der Waals surface area contributed by atoms with Crippen LogP contribution in [0.25, 0.3) is 0 Å². The number of rotatable bonds is 0. The van der Waals surface area contributed by atoms with Gasteiger partial charge in [0.15, 0.2) is 12.0 Å². The van der Waals surface area contributed by atoms with Gasteiger partial charge in [0, 0.05) is 19.8 Å². The van der Waals surface area contributed by atoms with Crippen molar-refractivity contribution in [2.75, 3.05) is 0 Å². The van der Waals surface area contributed by atoms with Gasteiger partial charge >= 0.3 is 0 Å². The van der Waals surface area contributed by atoms with Gasteiger partial charge in [-0.2, -0.15) is 0 Å². The van der Waals surface area contributed by atoms with Crippen LogP contribution in [0.5, 0.6) is 0 Å². The Bertz CT molecular complexity index is 70.1. The van der Waals surface area contributed by atoms with Gasteiger partial charge in [0.1, 0.15) is 0 Å². The Balaban J connectivity index is 2.45. The van der Waals surface area contributed by atoms with E-state index in [9.17, 15) is 0 Å². The van der Waals surface area contributed by atoms with Crippen LogP contribution in [0.3, 0.4) is 0 Å². The molecule has 0 aromatic rings. The fourth-order valence-electron chi connectivity index (χ4n) is 0.744. The van der Waals surface area contributed by atoms with Gasteiger partial charge in [-0.05, 0) is 0 Å². The minimum atomic E-state index is 1.20. The van der Waals surface area contributed by atoms with Gasteiger partial charge in [-0.3, -0.25) is 0 Å². The van der Waals surface area contributed by atoms with Gasteiger partial charge in [0.2, 0.25) is 6.08 Å². The number of allylic oxidation sites excluding steroid dienone is 2. The second kappa shape index (κ2) is 1.40. The molecule has 0 aliphatic heterocycles. The summed E-state index contributed by atoms with van der Waals surface area (Å²) in [6.07, 6.45) is 7.07. The van der Waals surface area contributed by atoms with E-state index in [4.69, 9.17) is 0 Å². The standard InChI is InChI=1S/C6H9/c1-6-4-2-3-5-6/h2-4H2,1H3/q+1. The molecule has 32 valence electrons. The third-order valence-electron chi connectivity index (χ3n) is 1.16. The monoisotopic (exact) mass is 81.1 g/mol. The predicted molar refractivity (Wildman–Crippen MR) is 26.3 cm³/mol. The van der Waals surface area contributed by atoms with E-state index < -0.39 is 0 Å². The van der Waals surface area contributed by atoms with Crippen molar-refractivity contribution < 1.29 is 0 Å². The SMILES string of the molecule is CC1=[C+]CCC1. The first-order valence-electron chi connectivity index (χ1n) is 2.46. The summed E-state index contributed by atoms with van der Waals surface area (Å²) >= 11 is 0. The molecule has 0 N–H and O–H groups in total. The average molecular weight is 81.1 g/mol. The van der Waals surface area contributed by atoms with E-state index in [0.717, 1.165) is 0 Å². The van der Waals surface area contributed by atoms with E-state index in [1.807, 2.05) is 0 Å². The van der Waals surface area contributed by atoms with Crippen LogP contribution in [-0.2, 0) is 0 Å². The van der Waals surface area contributed by atoms with Crippen LogP contribution in [-0.4, -0.2) is 0 Å². The first-order valence-corrected chi connectivity index (χ1v) is 2.46. The second-order valence-electron chi connectivity index (χ2n) is 1.81. The Morgan fingerprint density at radius 1 is 1.67 bits per heavy atom. The Labute approximate surface area is 38.9 Å². The van der Waals surface area contributed by atoms with Crippen LogP contribution in [0.15, 0.2) is 5.57 Å². The van der Waals surface area contributed by atoms with Crippen LogP contribution in [0.4, 0.5) is 0 Å². The maximum atomic E-state index is 3.24. The number of hydrogen-bond donors (Lipinski definition) is 0. The summed E-state index contributed by atoms with van der Waals surface area (Å²) in [5.41, 5.74) is 1.45. The summed E-state index contributed by atoms with van der Waals surface area (Å²) in [7, 11) is 0. The lowest BCUT2D eigenvalue weighted by molar-refractivity contribution is 0.902. The molecular formula is C6H9+. The molecule has 6 heavy (non-hydrogen) atoms. The second-order valence-corrected chi connectivity index (χ2v) is 1.81. The summed E-state index contributed by atoms with van der Waals surface area (Å²) in [4.78, 5) is 0. The highest BCUT2D eigenvalue weighted by molar-refractivity contribution is 4.97. The van der Waals surface area contributed by atoms with Crippen molar-refractivity contribution in [3.05, 3.63) is 11.6 Å². The third-order valence-corrected chi connectivity index (χ3v) is 1.16. The summed E-state index contributed by atoms with van der Waals surface area (Å²) in [6, 6.07) is 0. The van der Waals surface area contributed by atoms with E-state index in [-0.39, 0.29) is 0 Å². The maximum Gasteiger partial charge on any atom is 0.221 e. The van der Waals surface area contributed by atoms with Crippen LogP contribution in [0.2, 0.25) is 0 Å². The van der Waals surface area contributed by atoms with Crippen LogP contribution in [0.1, 0.15) is 26.2 Å². The van der Waals surface area contributed by atoms with E-state index in [1.54, 1.807) is 0 Å². The molecule has 0 spiro atoms. The van der Waals surface area contributed by atoms with Crippen molar-refractivity contribution in [2.45, 2.75) is 26.2 Å². The molecule has 0 saturated heterocycles. The first kappa shape index (κ1) is 3.83. The van der Waals surface area contributed by atoms with Gasteiger partial charge in [0.05, 0.1) is 0 Å². The average Bonchev–Trinajstić information content (AvgIpc) is 1.86. The molecule has 0 heterocycles. The summed E-state index contributed by atoms with van der Waals surface area (Å²) < 4.78 is 0. The van der Waals surface area contributed by atoms with Gasteiger partial charge in [-0.25, -0.2) is 0 Å². The Hall–Kier alpha value is -0.350. The Morgan fingerprint density at radius 2 is 2.50 bits per heavy atom. The normalized spacial score (nSPS) is 19.8. The zero-order valence-corrected chi connectivity index (χ0v) is 4.12. The minimum Gasteiger partial charge on any atom is 0.00574 e. The molecule has 0 nitrogen and oxygen atoms in total. The third kappa shape index (κ3) is 0.580. The molecule has 0 aromatic carbocycles. The van der Waals surface area contributed by atoms with Gasteiger partial charge in [0.25, 0.3) is 0 Å². The molecule has 1 aliphatic carbocycles. The minimum absolute atomic E-state index is 1.20. The molecule has 0 bridgehead atoms. The summed E-state index contributed by atoms with van der Waals surface area (Å²) in [5.74, 6) is 0. The molecule has 0 fully saturated rings. The van der Waals surface area contributed by atoms with Gasteiger partial charge in [-0.15, -0.1) is 0 Å². The summed E-state index contributed by atoms with van der Waals surface area (Å²) in [5, 5.41) is 0. The topological polar surface area (TPSA) is 0 Å². The zero-order chi connectivity index (χ0) is 4.41. The van der Waals surface area contributed by atoms with Gasteiger partial charge in [-0.1, -0.05) is 0 Å². The predicted octanol–water partition coefficient (Wildman–Crippen LogP) is 1.92. The van der Waals surface area contributed by atoms with Crippen molar-refractivity contribution in [1.29, 1.82) is 0 Å². The molecule has 0 atom stereocenters. The van der Waals surface area contributed by atoms with Gasteiger partial charge < -0.3 is 0 Å². The highest BCUT2D eigenvalue weighted by Crippen LogP contribution is 2.14. The molecule has 0 aromatic heterocycles. The highest BCUT2D eigenvalue weighted by Gasteiger charge is 2.11. The lowest BCUT2D eigenvalue weighted by Gasteiger charge is -1.67. The highest BCUT2D eigenvalue weighted by atomic mass is 14.0. The molecular weight excluding hydrogens is 72.1 g/mol. The Kier molecular flexibility index (Phi) is 0.894. The first-order chi connectivity index (χ1) is 2.89. The molecule has 0 saturated carbocycles. The van der Waals surface area contributed by atoms with Crippen LogP contribution >= 0.6 is 0 Å². The van der Waals surface area contributed by atoms with Crippen molar-refractivity contribution in [3.8, 4) is 0 Å². The largest absolute Gasteiger partial charge is 0.221 e. The van der Waals surface area contributed by atoms with Crippen molar-refractivity contribution >= 4 is 0 Å². The van der Waals surface area contributed by atoms with Crippen LogP contribution in [0, 0.1) is 6.08 Å². The van der Waals surface area contributed by atoms with Crippen molar-refractivity contribution in [3.63, 3.8) is 0 Å². The van der Waals surface area contributed by atoms with E-state index in [2.05, 4.69) is 13.0 Å². The summed E-state index contributed by atoms with van der Waals surface area (Å²) in [6.45, 7) is 2.15. The van der Waals surface area contributed by atoms with E-state index in [0.29, 0.717) is 0 Å². The van der Waals surface area contributed by atoms with Crippen molar-refractivity contribution in [2.24, 2.45) is 0 Å². The Morgan fingerprint density at radius 3 is 2.67 bits per heavy atom. The lowest BCUT2D eigenvalue weighted by Crippen LogP contribution is -1.59. The van der Waals surface area contributed by atoms with E-state index in [1.165, 1.54) is 24.8 Å². The molecule has 0 unspecified atom stereocenters. The van der Waals surface area contributed by atoms with Crippen molar-refractivity contribution in [1.82, 2.24) is 0 Å². The molecule has 1 aliphatic rings. The fourth-order valence-corrected chi connectivity index (χ4v) is 0.744. The van der Waals surface area contributed by atoms with E-state index >= 15 is 0 Å². The molecule has 0 radical (unpaired) electrons. The zero-order valence-electron chi connectivity index (χ0n) is 4.12.